The standard InChI is InChI=1S/C10H20ClN/c1-2-10-4-3-7-12(8-5-10)9-6-11/h10H,2-9H2,1H3. The lowest BCUT2D eigenvalue weighted by molar-refractivity contribution is 0.296. The molecule has 0 N–H and O–H groups in total. The molecule has 1 heterocycles. The van der Waals surface area contributed by atoms with Crippen molar-refractivity contribution in [2.45, 2.75) is 32.6 Å². The van der Waals surface area contributed by atoms with Gasteiger partial charge in [0, 0.05) is 12.4 Å². The minimum Gasteiger partial charge on any atom is -0.302 e. The number of alkyl halides is 1. The molecule has 0 radical (unpaired) electrons. The van der Waals surface area contributed by atoms with Crippen LogP contribution in [-0.4, -0.2) is 30.4 Å². The molecule has 2 heteroatoms. The van der Waals surface area contributed by atoms with Gasteiger partial charge >= 0.3 is 0 Å². The largest absolute Gasteiger partial charge is 0.302 e. The van der Waals surface area contributed by atoms with E-state index in [0.29, 0.717) is 0 Å². The molecule has 0 bridgehead atoms. The number of nitrogens with zero attached hydrogens (tertiary/aromatic N) is 1. The van der Waals surface area contributed by atoms with Crippen LogP contribution in [0.25, 0.3) is 0 Å². The van der Waals surface area contributed by atoms with Crippen LogP contribution in [0.4, 0.5) is 0 Å². The van der Waals surface area contributed by atoms with Crippen molar-refractivity contribution in [1.29, 1.82) is 0 Å². The fourth-order valence-corrected chi connectivity index (χ4v) is 2.22. The molecule has 1 unspecified atom stereocenters. The smallest absolute Gasteiger partial charge is 0.0351 e. The normalized spacial score (nSPS) is 27.0. The van der Waals surface area contributed by atoms with E-state index in [4.69, 9.17) is 11.6 Å². The van der Waals surface area contributed by atoms with Crippen LogP contribution in [0.1, 0.15) is 32.6 Å². The number of halogens is 1. The maximum Gasteiger partial charge on any atom is 0.0351 e. The van der Waals surface area contributed by atoms with Crippen molar-refractivity contribution in [3.63, 3.8) is 0 Å². The van der Waals surface area contributed by atoms with Gasteiger partial charge in [0.1, 0.15) is 0 Å². The zero-order valence-electron chi connectivity index (χ0n) is 8.06. The zero-order chi connectivity index (χ0) is 8.81. The van der Waals surface area contributed by atoms with Crippen molar-refractivity contribution < 1.29 is 0 Å². The van der Waals surface area contributed by atoms with Crippen LogP contribution in [0.5, 0.6) is 0 Å². The Morgan fingerprint density at radius 3 is 2.83 bits per heavy atom. The van der Waals surface area contributed by atoms with Crippen LogP contribution >= 0.6 is 11.6 Å². The highest BCUT2D eigenvalue weighted by molar-refractivity contribution is 6.18. The Morgan fingerprint density at radius 2 is 2.17 bits per heavy atom. The van der Waals surface area contributed by atoms with E-state index in [9.17, 15) is 0 Å². The Bertz CT molecular complexity index is 116. The first-order valence-corrected chi connectivity index (χ1v) is 5.68. The summed E-state index contributed by atoms with van der Waals surface area (Å²) in [6.45, 7) is 5.92. The van der Waals surface area contributed by atoms with E-state index in [1.165, 1.54) is 38.8 Å². The molecular weight excluding hydrogens is 170 g/mol. The van der Waals surface area contributed by atoms with E-state index in [0.717, 1.165) is 18.3 Å². The quantitative estimate of drug-likeness (QED) is 0.618. The first kappa shape index (κ1) is 10.3. The van der Waals surface area contributed by atoms with E-state index in [-0.39, 0.29) is 0 Å². The molecule has 12 heavy (non-hydrogen) atoms. The van der Waals surface area contributed by atoms with Gasteiger partial charge in [-0.05, 0) is 38.3 Å². The molecule has 1 saturated heterocycles. The monoisotopic (exact) mass is 189 g/mol. The summed E-state index contributed by atoms with van der Waals surface area (Å²) in [5.74, 6) is 1.77. The summed E-state index contributed by atoms with van der Waals surface area (Å²) >= 11 is 5.72. The number of rotatable bonds is 3. The first-order chi connectivity index (χ1) is 5.86. The van der Waals surface area contributed by atoms with Gasteiger partial charge in [-0.25, -0.2) is 0 Å². The molecule has 1 fully saturated rings. The summed E-state index contributed by atoms with van der Waals surface area (Å²) in [5.41, 5.74) is 0. The van der Waals surface area contributed by atoms with Crippen molar-refractivity contribution >= 4 is 11.6 Å². The highest BCUT2D eigenvalue weighted by Gasteiger charge is 2.14. The van der Waals surface area contributed by atoms with Crippen molar-refractivity contribution in [3.05, 3.63) is 0 Å². The molecule has 1 atom stereocenters. The summed E-state index contributed by atoms with van der Waals surface area (Å²) < 4.78 is 0. The van der Waals surface area contributed by atoms with E-state index < -0.39 is 0 Å². The molecule has 1 aliphatic rings. The second-order valence-corrected chi connectivity index (χ2v) is 4.11. The molecule has 0 saturated carbocycles. The third-order valence-corrected chi connectivity index (χ3v) is 3.09. The van der Waals surface area contributed by atoms with Crippen molar-refractivity contribution in [1.82, 2.24) is 4.90 Å². The van der Waals surface area contributed by atoms with Crippen LogP contribution < -0.4 is 0 Å². The summed E-state index contributed by atoms with van der Waals surface area (Å²) in [4.78, 5) is 2.50. The minimum atomic E-state index is 0.788. The van der Waals surface area contributed by atoms with E-state index in [2.05, 4.69) is 11.8 Å². The third-order valence-electron chi connectivity index (χ3n) is 2.92. The molecule has 1 rings (SSSR count). The van der Waals surface area contributed by atoms with Gasteiger partial charge in [-0.1, -0.05) is 13.3 Å². The molecule has 0 aromatic carbocycles. The van der Waals surface area contributed by atoms with Crippen LogP contribution in [0, 0.1) is 5.92 Å². The highest BCUT2D eigenvalue weighted by atomic mass is 35.5. The molecule has 1 aliphatic heterocycles. The summed E-state index contributed by atoms with van der Waals surface area (Å²) in [5, 5.41) is 0. The van der Waals surface area contributed by atoms with E-state index >= 15 is 0 Å². The minimum absolute atomic E-state index is 0.788. The average Bonchev–Trinajstić information content (AvgIpc) is 2.31. The maximum atomic E-state index is 5.72. The molecule has 0 aliphatic carbocycles. The Balaban J connectivity index is 2.24. The van der Waals surface area contributed by atoms with Gasteiger partial charge in [0.2, 0.25) is 0 Å². The molecular formula is C10H20ClN. The third kappa shape index (κ3) is 3.32. The van der Waals surface area contributed by atoms with Gasteiger partial charge in [0.25, 0.3) is 0 Å². The van der Waals surface area contributed by atoms with E-state index in [1.807, 2.05) is 0 Å². The van der Waals surface area contributed by atoms with Gasteiger partial charge in [0.05, 0.1) is 0 Å². The van der Waals surface area contributed by atoms with E-state index in [1.54, 1.807) is 0 Å². The molecule has 0 aromatic heterocycles. The second kappa shape index (κ2) is 5.82. The summed E-state index contributed by atoms with van der Waals surface area (Å²) in [7, 11) is 0. The van der Waals surface area contributed by atoms with Crippen molar-refractivity contribution in [2.75, 3.05) is 25.5 Å². The van der Waals surface area contributed by atoms with Gasteiger partial charge in [-0.3, -0.25) is 0 Å². The molecule has 0 aromatic rings. The fourth-order valence-electron chi connectivity index (χ4n) is 1.98. The van der Waals surface area contributed by atoms with Gasteiger partial charge in [-0.15, -0.1) is 11.6 Å². The van der Waals surface area contributed by atoms with Crippen LogP contribution in [0.15, 0.2) is 0 Å². The Morgan fingerprint density at radius 1 is 1.33 bits per heavy atom. The number of hydrogen-bond donors (Lipinski definition) is 0. The zero-order valence-corrected chi connectivity index (χ0v) is 8.82. The van der Waals surface area contributed by atoms with Gasteiger partial charge in [-0.2, -0.15) is 0 Å². The van der Waals surface area contributed by atoms with Gasteiger partial charge < -0.3 is 4.90 Å². The molecule has 1 nitrogen and oxygen atoms in total. The van der Waals surface area contributed by atoms with Crippen LogP contribution in [0.2, 0.25) is 0 Å². The van der Waals surface area contributed by atoms with Crippen molar-refractivity contribution in [2.24, 2.45) is 5.92 Å². The summed E-state index contributed by atoms with van der Waals surface area (Å²) in [6, 6.07) is 0. The Hall–Kier alpha value is 0.250. The lowest BCUT2D eigenvalue weighted by Gasteiger charge is -2.18. The lowest BCUT2D eigenvalue weighted by Crippen LogP contribution is -2.26. The topological polar surface area (TPSA) is 3.24 Å². The highest BCUT2D eigenvalue weighted by Crippen LogP contribution is 2.19. The molecule has 0 amide bonds. The SMILES string of the molecule is CCC1CCCN(CCCl)CC1. The van der Waals surface area contributed by atoms with Crippen LogP contribution in [-0.2, 0) is 0 Å². The Labute approximate surface area is 81.1 Å². The average molecular weight is 190 g/mol. The fraction of sp³-hybridized carbons (Fsp3) is 1.00. The number of hydrogen-bond acceptors (Lipinski definition) is 1. The van der Waals surface area contributed by atoms with Crippen LogP contribution in [0.3, 0.4) is 0 Å². The second-order valence-electron chi connectivity index (χ2n) is 3.74. The predicted octanol–water partition coefficient (Wildman–Crippen LogP) is 2.74. The molecule has 0 spiro atoms. The number of likely N-dealkylation sites (tertiary alicyclic amines) is 1. The first-order valence-electron chi connectivity index (χ1n) is 5.15. The van der Waals surface area contributed by atoms with Crippen molar-refractivity contribution in [3.8, 4) is 0 Å². The molecule has 72 valence electrons. The Kier molecular flexibility index (Phi) is 5.01. The van der Waals surface area contributed by atoms with Gasteiger partial charge in [0.15, 0.2) is 0 Å². The maximum absolute atomic E-state index is 5.72. The predicted molar refractivity (Wildman–Crippen MR) is 54.8 cm³/mol. The summed E-state index contributed by atoms with van der Waals surface area (Å²) in [6.07, 6.45) is 5.53. The lowest BCUT2D eigenvalue weighted by atomic mass is 9.98.